The summed E-state index contributed by atoms with van der Waals surface area (Å²) in [5.41, 5.74) is 1.69. The van der Waals surface area contributed by atoms with Crippen LogP contribution in [0.1, 0.15) is 39.2 Å². The zero-order valence-corrected chi connectivity index (χ0v) is 11.7. The predicted molar refractivity (Wildman–Crippen MR) is 71.9 cm³/mol. The van der Waals surface area contributed by atoms with Gasteiger partial charge in [0.1, 0.15) is 11.5 Å². The monoisotopic (exact) mass is 236 g/mol. The molecule has 0 spiro atoms. The van der Waals surface area contributed by atoms with Crippen molar-refractivity contribution >= 4 is 0 Å². The summed E-state index contributed by atoms with van der Waals surface area (Å²) in [4.78, 5) is 0. The van der Waals surface area contributed by atoms with Gasteiger partial charge in [-0.1, -0.05) is 20.8 Å². The summed E-state index contributed by atoms with van der Waals surface area (Å²) in [6.07, 6.45) is 3.50. The average Bonchev–Trinajstić information content (AvgIpc) is 2.26. The van der Waals surface area contributed by atoms with E-state index in [4.69, 9.17) is 9.47 Å². The van der Waals surface area contributed by atoms with Crippen LogP contribution in [0.5, 0.6) is 11.5 Å². The molecule has 0 bridgehead atoms. The summed E-state index contributed by atoms with van der Waals surface area (Å²) in [6, 6.07) is 6.09. The molecule has 17 heavy (non-hydrogen) atoms. The Hall–Kier alpha value is -1.18. The molecule has 0 saturated carbocycles. The van der Waals surface area contributed by atoms with Crippen molar-refractivity contribution in [2.75, 3.05) is 14.2 Å². The number of aryl methyl sites for hydroxylation is 1. The number of hydrogen-bond donors (Lipinski definition) is 0. The van der Waals surface area contributed by atoms with Crippen molar-refractivity contribution in [2.24, 2.45) is 5.41 Å². The highest BCUT2D eigenvalue weighted by molar-refractivity contribution is 5.38. The van der Waals surface area contributed by atoms with E-state index in [0.717, 1.165) is 17.9 Å². The maximum absolute atomic E-state index is 5.26. The first-order chi connectivity index (χ1) is 7.94. The fourth-order valence-corrected chi connectivity index (χ4v) is 1.83. The van der Waals surface area contributed by atoms with E-state index in [1.54, 1.807) is 14.2 Å². The van der Waals surface area contributed by atoms with E-state index in [2.05, 4.69) is 32.9 Å². The van der Waals surface area contributed by atoms with Gasteiger partial charge in [0, 0.05) is 6.07 Å². The second-order valence-corrected chi connectivity index (χ2v) is 5.64. The Morgan fingerprint density at radius 2 is 1.47 bits per heavy atom. The summed E-state index contributed by atoms with van der Waals surface area (Å²) in [5.74, 6) is 1.74. The van der Waals surface area contributed by atoms with Gasteiger partial charge in [-0.05, 0) is 42.4 Å². The summed E-state index contributed by atoms with van der Waals surface area (Å²) in [6.45, 7) is 6.83. The standard InChI is InChI=1S/C15H24O2/c1-15(2,3)8-6-7-12-9-13(16-4)11-14(10-12)17-5/h9-11H,6-8H2,1-5H3. The van der Waals surface area contributed by atoms with E-state index in [9.17, 15) is 0 Å². The number of benzene rings is 1. The highest BCUT2D eigenvalue weighted by Crippen LogP contribution is 2.26. The van der Waals surface area contributed by atoms with Crippen LogP contribution in [0.25, 0.3) is 0 Å². The van der Waals surface area contributed by atoms with Crippen LogP contribution in [0.2, 0.25) is 0 Å². The first-order valence-corrected chi connectivity index (χ1v) is 6.16. The van der Waals surface area contributed by atoms with Gasteiger partial charge in [0.15, 0.2) is 0 Å². The van der Waals surface area contributed by atoms with Crippen molar-refractivity contribution in [2.45, 2.75) is 40.0 Å². The van der Waals surface area contributed by atoms with E-state index in [1.165, 1.54) is 18.4 Å². The van der Waals surface area contributed by atoms with Crippen molar-refractivity contribution in [3.8, 4) is 11.5 Å². The minimum absolute atomic E-state index is 0.406. The van der Waals surface area contributed by atoms with Gasteiger partial charge in [-0.3, -0.25) is 0 Å². The van der Waals surface area contributed by atoms with Crippen molar-refractivity contribution in [3.63, 3.8) is 0 Å². The van der Waals surface area contributed by atoms with Gasteiger partial charge in [0.05, 0.1) is 14.2 Å². The molecule has 0 aromatic heterocycles. The van der Waals surface area contributed by atoms with E-state index < -0.39 is 0 Å². The molecule has 0 atom stereocenters. The molecule has 1 aromatic rings. The van der Waals surface area contributed by atoms with Gasteiger partial charge in [-0.15, -0.1) is 0 Å². The Labute approximate surface area is 105 Å². The highest BCUT2D eigenvalue weighted by atomic mass is 16.5. The lowest BCUT2D eigenvalue weighted by atomic mass is 9.89. The number of hydrogen-bond acceptors (Lipinski definition) is 2. The average molecular weight is 236 g/mol. The van der Waals surface area contributed by atoms with Crippen LogP contribution in [0.4, 0.5) is 0 Å². The number of ether oxygens (including phenoxy) is 2. The summed E-state index contributed by atoms with van der Waals surface area (Å²) in [7, 11) is 3.38. The van der Waals surface area contributed by atoms with Gasteiger partial charge >= 0.3 is 0 Å². The third kappa shape index (κ3) is 5.12. The molecule has 1 rings (SSSR count). The van der Waals surface area contributed by atoms with E-state index in [0.29, 0.717) is 5.41 Å². The molecular formula is C15H24O2. The summed E-state index contributed by atoms with van der Waals surface area (Å²) >= 11 is 0. The third-order valence-corrected chi connectivity index (χ3v) is 2.80. The molecular weight excluding hydrogens is 212 g/mol. The molecule has 0 aliphatic heterocycles. The molecule has 0 heterocycles. The minimum Gasteiger partial charge on any atom is -0.497 e. The molecule has 0 amide bonds. The van der Waals surface area contributed by atoms with Crippen molar-refractivity contribution in [1.82, 2.24) is 0 Å². The molecule has 0 unspecified atom stereocenters. The van der Waals surface area contributed by atoms with Crippen LogP contribution in [-0.2, 0) is 6.42 Å². The zero-order chi connectivity index (χ0) is 12.9. The van der Waals surface area contributed by atoms with Gasteiger partial charge in [0.25, 0.3) is 0 Å². The molecule has 2 nitrogen and oxygen atoms in total. The van der Waals surface area contributed by atoms with E-state index >= 15 is 0 Å². The first kappa shape index (κ1) is 13.9. The second-order valence-electron chi connectivity index (χ2n) is 5.64. The lowest BCUT2D eigenvalue weighted by molar-refractivity contribution is 0.364. The van der Waals surface area contributed by atoms with E-state index in [-0.39, 0.29) is 0 Å². The number of rotatable bonds is 5. The summed E-state index contributed by atoms with van der Waals surface area (Å²) < 4.78 is 10.5. The molecule has 0 N–H and O–H groups in total. The van der Waals surface area contributed by atoms with Crippen molar-refractivity contribution < 1.29 is 9.47 Å². The normalized spacial score (nSPS) is 11.4. The largest absolute Gasteiger partial charge is 0.497 e. The van der Waals surface area contributed by atoms with Crippen LogP contribution in [0.15, 0.2) is 18.2 Å². The van der Waals surface area contributed by atoms with Gasteiger partial charge in [-0.25, -0.2) is 0 Å². The quantitative estimate of drug-likeness (QED) is 0.767. The lowest BCUT2D eigenvalue weighted by Crippen LogP contribution is -2.05. The molecule has 0 aliphatic carbocycles. The van der Waals surface area contributed by atoms with Crippen LogP contribution in [-0.4, -0.2) is 14.2 Å². The molecule has 0 radical (unpaired) electrons. The predicted octanol–water partition coefficient (Wildman–Crippen LogP) is 4.07. The third-order valence-electron chi connectivity index (χ3n) is 2.80. The Balaban J connectivity index is 2.64. The SMILES string of the molecule is COc1cc(CCCC(C)(C)C)cc(OC)c1. The Morgan fingerprint density at radius 3 is 1.88 bits per heavy atom. The highest BCUT2D eigenvalue weighted by Gasteiger charge is 2.10. The van der Waals surface area contributed by atoms with Gasteiger partial charge < -0.3 is 9.47 Å². The molecule has 0 aliphatic rings. The molecule has 0 fully saturated rings. The van der Waals surface area contributed by atoms with Crippen LogP contribution in [0.3, 0.4) is 0 Å². The van der Waals surface area contributed by atoms with E-state index in [1.807, 2.05) is 6.07 Å². The second kappa shape index (κ2) is 5.95. The maximum Gasteiger partial charge on any atom is 0.122 e. The van der Waals surface area contributed by atoms with Gasteiger partial charge in [-0.2, -0.15) is 0 Å². The summed E-state index contributed by atoms with van der Waals surface area (Å²) in [5, 5.41) is 0. The topological polar surface area (TPSA) is 18.5 Å². The fraction of sp³-hybridized carbons (Fsp3) is 0.600. The van der Waals surface area contributed by atoms with Gasteiger partial charge in [0.2, 0.25) is 0 Å². The zero-order valence-electron chi connectivity index (χ0n) is 11.7. The minimum atomic E-state index is 0.406. The Bertz CT molecular complexity index is 328. The smallest absolute Gasteiger partial charge is 0.122 e. The fourth-order valence-electron chi connectivity index (χ4n) is 1.83. The Kier molecular flexibility index (Phi) is 4.86. The molecule has 1 aromatic carbocycles. The lowest BCUT2D eigenvalue weighted by Gasteiger charge is -2.17. The molecule has 96 valence electrons. The Morgan fingerprint density at radius 1 is 0.941 bits per heavy atom. The molecule has 0 saturated heterocycles. The maximum atomic E-state index is 5.26. The van der Waals surface area contributed by atoms with Crippen LogP contribution < -0.4 is 9.47 Å². The van der Waals surface area contributed by atoms with Crippen molar-refractivity contribution in [1.29, 1.82) is 0 Å². The number of methoxy groups -OCH3 is 2. The van der Waals surface area contributed by atoms with Crippen LogP contribution >= 0.6 is 0 Å². The van der Waals surface area contributed by atoms with Crippen molar-refractivity contribution in [3.05, 3.63) is 23.8 Å². The molecule has 2 heteroatoms. The first-order valence-electron chi connectivity index (χ1n) is 6.16. The van der Waals surface area contributed by atoms with Crippen LogP contribution in [0, 0.1) is 5.41 Å².